The van der Waals surface area contributed by atoms with Crippen LogP contribution in [0.2, 0.25) is 0 Å². The molecule has 0 aromatic rings. The van der Waals surface area contributed by atoms with Gasteiger partial charge in [-0.2, -0.15) is 0 Å². The Hall–Kier alpha value is -0.570. The number of esters is 1. The minimum atomic E-state index is -0.221. The van der Waals surface area contributed by atoms with E-state index in [1.54, 1.807) is 0 Å². The highest BCUT2D eigenvalue weighted by molar-refractivity contribution is 5.73. The van der Waals surface area contributed by atoms with Gasteiger partial charge in [-0.3, -0.25) is 4.79 Å². The Labute approximate surface area is 127 Å². The Morgan fingerprint density at radius 3 is 2.33 bits per heavy atom. The molecule has 0 saturated heterocycles. The van der Waals surface area contributed by atoms with Gasteiger partial charge in [0.05, 0.1) is 5.92 Å². The van der Waals surface area contributed by atoms with E-state index < -0.39 is 0 Å². The summed E-state index contributed by atoms with van der Waals surface area (Å²) in [5.41, 5.74) is -0.154. The molecule has 3 heteroatoms. The molecule has 5 aliphatic rings. The number of carbonyl (C=O) groups is 1. The Bertz CT molecular complexity index is 410. The summed E-state index contributed by atoms with van der Waals surface area (Å²) in [6.07, 6.45) is 12.3. The van der Waals surface area contributed by atoms with Crippen LogP contribution in [0.25, 0.3) is 0 Å². The Morgan fingerprint density at radius 2 is 1.71 bits per heavy atom. The first-order chi connectivity index (χ1) is 10.1. The van der Waals surface area contributed by atoms with Crippen LogP contribution in [-0.2, 0) is 9.53 Å². The highest BCUT2D eigenvalue weighted by atomic mass is 16.6. The van der Waals surface area contributed by atoms with Gasteiger partial charge in [0.25, 0.3) is 0 Å². The number of aliphatic hydroxyl groups excluding tert-OH is 1. The zero-order valence-electron chi connectivity index (χ0n) is 13.0. The lowest BCUT2D eigenvalue weighted by molar-refractivity contribution is -0.211. The van der Waals surface area contributed by atoms with Crippen molar-refractivity contribution in [1.29, 1.82) is 0 Å². The average Bonchev–Trinajstić information content (AvgIpc) is 2.46. The van der Waals surface area contributed by atoms with E-state index >= 15 is 0 Å². The molecule has 2 unspecified atom stereocenters. The molecule has 5 rings (SSSR count). The lowest BCUT2D eigenvalue weighted by atomic mass is 9.48. The summed E-state index contributed by atoms with van der Waals surface area (Å²) in [5.74, 6) is 1.58. The van der Waals surface area contributed by atoms with E-state index in [0.717, 1.165) is 44.9 Å². The predicted octanol–water partition coefficient (Wildman–Crippen LogP) is 3.44. The van der Waals surface area contributed by atoms with Crippen LogP contribution >= 0.6 is 0 Å². The average molecular weight is 292 g/mol. The minimum Gasteiger partial charge on any atom is -0.459 e. The molecule has 21 heavy (non-hydrogen) atoms. The van der Waals surface area contributed by atoms with Gasteiger partial charge in [0.2, 0.25) is 0 Å². The summed E-state index contributed by atoms with van der Waals surface area (Å²) in [4.78, 5) is 12.6. The van der Waals surface area contributed by atoms with Crippen LogP contribution < -0.4 is 0 Å². The molecule has 5 fully saturated rings. The van der Waals surface area contributed by atoms with Gasteiger partial charge < -0.3 is 9.84 Å². The van der Waals surface area contributed by atoms with E-state index in [9.17, 15) is 9.90 Å². The van der Waals surface area contributed by atoms with Gasteiger partial charge in [-0.15, -0.1) is 0 Å². The Balaban J connectivity index is 1.50. The normalized spacial score (nSPS) is 45.8. The van der Waals surface area contributed by atoms with Crippen LogP contribution in [-0.4, -0.2) is 23.3 Å². The smallest absolute Gasteiger partial charge is 0.309 e. The van der Waals surface area contributed by atoms with Crippen molar-refractivity contribution in [2.45, 2.75) is 76.2 Å². The third-order valence-electron chi connectivity index (χ3n) is 6.72. The van der Waals surface area contributed by atoms with Crippen LogP contribution in [0.1, 0.15) is 70.6 Å². The molecule has 3 nitrogen and oxygen atoms in total. The third kappa shape index (κ3) is 2.42. The largest absolute Gasteiger partial charge is 0.459 e. The van der Waals surface area contributed by atoms with Gasteiger partial charge in [-0.25, -0.2) is 0 Å². The lowest BCUT2D eigenvalue weighted by Gasteiger charge is -2.60. The molecule has 0 aliphatic heterocycles. The topological polar surface area (TPSA) is 46.5 Å². The Kier molecular flexibility index (Phi) is 3.33. The summed E-state index contributed by atoms with van der Waals surface area (Å²) >= 11 is 0. The van der Waals surface area contributed by atoms with E-state index in [0.29, 0.717) is 11.8 Å². The number of carbonyl (C=O) groups excluding carboxylic acids is 1. The van der Waals surface area contributed by atoms with Gasteiger partial charge in [0.15, 0.2) is 0 Å². The summed E-state index contributed by atoms with van der Waals surface area (Å²) in [7, 11) is 0. The second-order valence-electron chi connectivity index (χ2n) is 8.56. The van der Waals surface area contributed by atoms with Crippen LogP contribution in [0.15, 0.2) is 0 Å². The molecule has 0 aromatic carbocycles. The van der Waals surface area contributed by atoms with E-state index in [1.807, 2.05) is 0 Å². The fourth-order valence-electron chi connectivity index (χ4n) is 6.30. The molecule has 5 aliphatic carbocycles. The van der Waals surface area contributed by atoms with Gasteiger partial charge >= 0.3 is 5.97 Å². The van der Waals surface area contributed by atoms with Crippen molar-refractivity contribution in [2.24, 2.45) is 23.2 Å². The zero-order valence-corrected chi connectivity index (χ0v) is 13.0. The van der Waals surface area contributed by atoms with Gasteiger partial charge in [-0.05, 0) is 68.6 Å². The molecule has 0 amide bonds. The molecule has 5 saturated carbocycles. The summed E-state index contributed by atoms with van der Waals surface area (Å²) in [6.45, 7) is 0.280. The van der Waals surface area contributed by atoms with Crippen molar-refractivity contribution in [3.8, 4) is 0 Å². The minimum absolute atomic E-state index is 0.0664. The predicted molar refractivity (Wildman–Crippen MR) is 79.6 cm³/mol. The maximum atomic E-state index is 12.6. The van der Waals surface area contributed by atoms with Crippen LogP contribution in [0.4, 0.5) is 0 Å². The molecule has 0 spiro atoms. The van der Waals surface area contributed by atoms with Crippen LogP contribution in [0, 0.1) is 23.2 Å². The van der Waals surface area contributed by atoms with Crippen molar-refractivity contribution >= 4 is 5.97 Å². The molecule has 1 N–H and O–H groups in total. The second-order valence-corrected chi connectivity index (χ2v) is 8.56. The highest BCUT2D eigenvalue weighted by Gasteiger charge is 2.59. The molecule has 4 bridgehead atoms. The number of aliphatic hydroxyl groups is 1. The molecule has 2 atom stereocenters. The SMILES string of the molecule is O=C(OC12CC3CC(CC(CO)(C3)C1)C2)C1CCCCC1. The first-order valence-electron chi connectivity index (χ1n) is 8.96. The number of ether oxygens (including phenoxy) is 1. The number of rotatable bonds is 3. The maximum absolute atomic E-state index is 12.6. The summed E-state index contributed by atoms with van der Waals surface area (Å²) in [6, 6.07) is 0. The fraction of sp³-hybridized carbons (Fsp3) is 0.944. The van der Waals surface area contributed by atoms with E-state index in [2.05, 4.69) is 0 Å². The molecule has 0 aromatic heterocycles. The fourth-order valence-corrected chi connectivity index (χ4v) is 6.30. The summed E-state index contributed by atoms with van der Waals surface area (Å²) < 4.78 is 6.17. The van der Waals surface area contributed by atoms with Crippen LogP contribution in [0.3, 0.4) is 0 Å². The monoisotopic (exact) mass is 292 g/mol. The third-order valence-corrected chi connectivity index (χ3v) is 6.72. The standard InChI is InChI=1S/C18H28O3/c19-12-17-7-13-6-14(8-17)10-18(9-13,11-17)21-16(20)15-4-2-1-3-5-15/h13-15,19H,1-12H2. The van der Waals surface area contributed by atoms with E-state index in [-0.39, 0.29) is 29.5 Å². The maximum Gasteiger partial charge on any atom is 0.309 e. The molecule has 0 heterocycles. The van der Waals surface area contributed by atoms with Crippen molar-refractivity contribution < 1.29 is 14.6 Å². The van der Waals surface area contributed by atoms with E-state index in [4.69, 9.17) is 4.74 Å². The second kappa shape index (κ2) is 4.97. The first-order valence-corrected chi connectivity index (χ1v) is 8.96. The van der Waals surface area contributed by atoms with Gasteiger partial charge in [0, 0.05) is 6.61 Å². The molecule has 118 valence electrons. The number of hydrogen-bond acceptors (Lipinski definition) is 3. The van der Waals surface area contributed by atoms with Gasteiger partial charge in [0.1, 0.15) is 5.60 Å². The summed E-state index contributed by atoms with van der Waals surface area (Å²) in [5, 5.41) is 9.89. The van der Waals surface area contributed by atoms with E-state index in [1.165, 1.54) is 25.7 Å². The van der Waals surface area contributed by atoms with Crippen molar-refractivity contribution in [2.75, 3.05) is 6.61 Å². The molecular formula is C18H28O3. The lowest BCUT2D eigenvalue weighted by Crippen LogP contribution is -2.58. The van der Waals surface area contributed by atoms with Crippen molar-refractivity contribution in [3.05, 3.63) is 0 Å². The molecule has 0 radical (unpaired) electrons. The first kappa shape index (κ1) is 14.0. The molecular weight excluding hydrogens is 264 g/mol. The Morgan fingerprint density at radius 1 is 1.05 bits per heavy atom. The highest BCUT2D eigenvalue weighted by Crippen LogP contribution is 2.62. The quantitative estimate of drug-likeness (QED) is 0.811. The van der Waals surface area contributed by atoms with Crippen LogP contribution in [0.5, 0.6) is 0 Å². The zero-order chi connectivity index (χ0) is 14.5. The number of hydrogen-bond donors (Lipinski definition) is 1. The van der Waals surface area contributed by atoms with Crippen molar-refractivity contribution in [1.82, 2.24) is 0 Å². The van der Waals surface area contributed by atoms with Gasteiger partial charge in [-0.1, -0.05) is 19.3 Å². The van der Waals surface area contributed by atoms with Crippen molar-refractivity contribution in [3.63, 3.8) is 0 Å².